The Morgan fingerprint density at radius 2 is 1.91 bits per heavy atom. The lowest BCUT2D eigenvalue weighted by molar-refractivity contribution is -0.126. The van der Waals surface area contributed by atoms with Crippen LogP contribution in [0.4, 0.5) is 0 Å². The summed E-state index contributed by atoms with van der Waals surface area (Å²) >= 11 is 5.99. The maximum Gasteiger partial charge on any atom is 0.226 e. The first kappa shape index (κ1) is 24.2. The van der Waals surface area contributed by atoms with E-state index in [0.29, 0.717) is 17.5 Å². The summed E-state index contributed by atoms with van der Waals surface area (Å²) < 4.78 is 5.91. The fraction of sp³-hybridized carbons (Fsp3) is 0.600. The number of carbonyl (C=O) groups is 1. The number of hydrogen-bond acceptors (Lipinski definition) is 6. The van der Waals surface area contributed by atoms with Crippen LogP contribution in [0.25, 0.3) is 11.5 Å². The summed E-state index contributed by atoms with van der Waals surface area (Å²) in [6.07, 6.45) is 2.99. The Hall–Kier alpha value is -1.93. The van der Waals surface area contributed by atoms with Crippen molar-refractivity contribution < 1.29 is 9.21 Å². The van der Waals surface area contributed by atoms with Crippen LogP contribution in [0.3, 0.4) is 0 Å². The molecule has 33 heavy (non-hydrogen) atoms. The van der Waals surface area contributed by atoms with Crippen LogP contribution in [-0.2, 0) is 11.3 Å². The number of halogens is 1. The number of piperazine rings is 1. The molecule has 2 aromatic rings. The van der Waals surface area contributed by atoms with Crippen LogP contribution in [-0.4, -0.2) is 85.0 Å². The second kappa shape index (κ2) is 11.5. The van der Waals surface area contributed by atoms with Crippen LogP contribution in [0.1, 0.15) is 30.7 Å². The summed E-state index contributed by atoms with van der Waals surface area (Å²) in [6.45, 7) is 10.8. The van der Waals surface area contributed by atoms with E-state index in [1.165, 1.54) is 0 Å². The number of aryl methyl sites for hydroxylation is 1. The molecule has 1 aromatic heterocycles. The summed E-state index contributed by atoms with van der Waals surface area (Å²) in [5.74, 6) is 1.68. The molecule has 2 aliphatic rings. The van der Waals surface area contributed by atoms with Crippen molar-refractivity contribution in [3.8, 4) is 11.5 Å². The van der Waals surface area contributed by atoms with Crippen molar-refractivity contribution in [1.29, 1.82) is 0 Å². The average molecular weight is 474 g/mol. The highest BCUT2D eigenvalue weighted by molar-refractivity contribution is 6.30. The maximum atomic E-state index is 12.8. The van der Waals surface area contributed by atoms with Crippen LogP contribution >= 0.6 is 11.6 Å². The molecule has 0 spiro atoms. The van der Waals surface area contributed by atoms with Gasteiger partial charge in [0.25, 0.3) is 0 Å². The number of hydrogen-bond donors (Lipinski definition) is 1. The van der Waals surface area contributed by atoms with E-state index in [1.54, 1.807) is 0 Å². The zero-order valence-corrected chi connectivity index (χ0v) is 20.6. The molecule has 0 saturated carbocycles. The van der Waals surface area contributed by atoms with Crippen LogP contribution in [0.5, 0.6) is 0 Å². The largest absolute Gasteiger partial charge is 0.441 e. The van der Waals surface area contributed by atoms with Crippen molar-refractivity contribution in [3.63, 3.8) is 0 Å². The maximum absolute atomic E-state index is 12.8. The Balaban J connectivity index is 1.23. The van der Waals surface area contributed by atoms with Gasteiger partial charge in [-0.15, -0.1) is 0 Å². The highest BCUT2D eigenvalue weighted by Crippen LogP contribution is 2.25. The van der Waals surface area contributed by atoms with Crippen LogP contribution in [0.2, 0.25) is 5.02 Å². The van der Waals surface area contributed by atoms with Gasteiger partial charge in [0.2, 0.25) is 11.8 Å². The first-order chi connectivity index (χ1) is 16.0. The van der Waals surface area contributed by atoms with Crippen LogP contribution in [0.15, 0.2) is 28.7 Å². The third kappa shape index (κ3) is 6.79. The lowest BCUT2D eigenvalue weighted by atomic mass is 9.97. The predicted molar refractivity (Wildman–Crippen MR) is 131 cm³/mol. The number of likely N-dealkylation sites (N-methyl/N-ethyl adjacent to an activating group) is 1. The second-order valence-corrected chi connectivity index (χ2v) is 9.83. The van der Waals surface area contributed by atoms with Gasteiger partial charge in [-0.3, -0.25) is 9.69 Å². The smallest absolute Gasteiger partial charge is 0.226 e. The number of oxazole rings is 1. The fourth-order valence-corrected chi connectivity index (χ4v) is 4.77. The minimum atomic E-state index is 0.0466. The number of carbonyl (C=O) groups excluding carboxylic acids is 1. The van der Waals surface area contributed by atoms with E-state index >= 15 is 0 Å². The van der Waals surface area contributed by atoms with Crippen LogP contribution in [0, 0.1) is 12.8 Å². The molecular weight excluding hydrogens is 438 g/mol. The monoisotopic (exact) mass is 473 g/mol. The fourth-order valence-electron chi connectivity index (χ4n) is 4.65. The molecule has 8 heteroatoms. The molecule has 1 atom stereocenters. The Kier molecular flexibility index (Phi) is 8.41. The lowest BCUT2D eigenvalue weighted by Crippen LogP contribution is -2.46. The average Bonchev–Trinajstić information content (AvgIpc) is 3.18. The summed E-state index contributed by atoms with van der Waals surface area (Å²) in [5, 5.41) is 3.87. The molecule has 2 saturated heterocycles. The van der Waals surface area contributed by atoms with Crippen molar-refractivity contribution in [1.82, 2.24) is 25.0 Å². The van der Waals surface area contributed by atoms with Gasteiger partial charge in [0.15, 0.2) is 0 Å². The van der Waals surface area contributed by atoms with Crippen molar-refractivity contribution in [2.45, 2.75) is 32.7 Å². The molecule has 0 aliphatic carbocycles. The molecular formula is C25H36ClN5O2. The highest BCUT2D eigenvalue weighted by Gasteiger charge is 2.27. The highest BCUT2D eigenvalue weighted by atomic mass is 35.5. The number of amides is 1. The van der Waals surface area contributed by atoms with E-state index in [9.17, 15) is 4.79 Å². The number of nitrogens with one attached hydrogen (secondary N) is 1. The minimum absolute atomic E-state index is 0.0466. The van der Waals surface area contributed by atoms with Gasteiger partial charge in [-0.2, -0.15) is 0 Å². The minimum Gasteiger partial charge on any atom is -0.441 e. The van der Waals surface area contributed by atoms with Gasteiger partial charge in [0.1, 0.15) is 5.76 Å². The summed E-state index contributed by atoms with van der Waals surface area (Å²) in [4.78, 5) is 24.7. The van der Waals surface area contributed by atoms with Gasteiger partial charge < -0.3 is 19.5 Å². The number of piperidine rings is 1. The molecule has 1 N–H and O–H groups in total. The Morgan fingerprint density at radius 1 is 1.15 bits per heavy atom. The van der Waals surface area contributed by atoms with Gasteiger partial charge in [-0.1, -0.05) is 11.6 Å². The first-order valence-electron chi connectivity index (χ1n) is 12.1. The van der Waals surface area contributed by atoms with E-state index in [1.807, 2.05) is 31.2 Å². The van der Waals surface area contributed by atoms with Gasteiger partial charge in [0.05, 0.1) is 11.6 Å². The number of nitrogens with zero attached hydrogens (tertiary/aromatic N) is 4. The van der Waals surface area contributed by atoms with E-state index < -0.39 is 0 Å². The topological polar surface area (TPSA) is 64.9 Å². The molecule has 0 bridgehead atoms. The standard InChI is InChI=1S/C25H36ClN5O2/c1-19-23(28-25(33-19)20-6-8-22(26)9-7-20)18-31-11-3-5-21(17-31)24(32)27-10-4-12-30-15-13-29(2)14-16-30/h6-9,21H,3-5,10-18H2,1-2H3,(H,27,32). The van der Waals surface area contributed by atoms with Gasteiger partial charge >= 0.3 is 0 Å². The van der Waals surface area contributed by atoms with Crippen molar-refractivity contribution in [2.24, 2.45) is 5.92 Å². The Labute approximate surface area is 202 Å². The number of likely N-dealkylation sites (tertiary alicyclic amines) is 1. The Morgan fingerprint density at radius 3 is 2.67 bits per heavy atom. The van der Waals surface area contributed by atoms with Gasteiger partial charge in [0, 0.05) is 56.4 Å². The Bertz CT molecular complexity index is 908. The van der Waals surface area contributed by atoms with E-state index in [2.05, 4.69) is 27.1 Å². The summed E-state index contributed by atoms with van der Waals surface area (Å²) in [6, 6.07) is 7.52. The molecule has 1 unspecified atom stereocenters. The predicted octanol–water partition coefficient (Wildman–Crippen LogP) is 3.27. The van der Waals surface area contributed by atoms with Crippen molar-refractivity contribution >= 4 is 17.5 Å². The number of aromatic nitrogens is 1. The normalized spacial score (nSPS) is 20.8. The van der Waals surface area contributed by atoms with Gasteiger partial charge in [-0.25, -0.2) is 4.98 Å². The third-order valence-electron chi connectivity index (χ3n) is 6.78. The molecule has 3 heterocycles. The molecule has 4 rings (SSSR count). The molecule has 1 aromatic carbocycles. The first-order valence-corrected chi connectivity index (χ1v) is 12.5. The van der Waals surface area contributed by atoms with Crippen LogP contribution < -0.4 is 5.32 Å². The second-order valence-electron chi connectivity index (χ2n) is 9.39. The molecule has 1 amide bonds. The molecule has 2 fully saturated rings. The van der Waals surface area contributed by atoms with Gasteiger partial charge in [-0.05, 0) is 70.6 Å². The van der Waals surface area contributed by atoms with E-state index in [4.69, 9.17) is 21.0 Å². The lowest BCUT2D eigenvalue weighted by Gasteiger charge is -2.32. The van der Waals surface area contributed by atoms with E-state index in [0.717, 1.165) is 88.6 Å². The molecule has 180 valence electrons. The summed E-state index contributed by atoms with van der Waals surface area (Å²) in [7, 11) is 2.17. The summed E-state index contributed by atoms with van der Waals surface area (Å²) in [5.41, 5.74) is 1.86. The zero-order valence-electron chi connectivity index (χ0n) is 19.9. The van der Waals surface area contributed by atoms with Crippen molar-refractivity contribution in [2.75, 3.05) is 59.4 Å². The number of rotatable bonds is 8. The van der Waals surface area contributed by atoms with Crippen molar-refractivity contribution in [3.05, 3.63) is 40.7 Å². The third-order valence-corrected chi connectivity index (χ3v) is 7.03. The zero-order chi connectivity index (χ0) is 23.2. The SMILES string of the molecule is Cc1oc(-c2ccc(Cl)cc2)nc1CN1CCCC(C(=O)NCCCN2CCN(C)CC2)C1. The van der Waals surface area contributed by atoms with E-state index in [-0.39, 0.29) is 11.8 Å². The molecule has 7 nitrogen and oxygen atoms in total. The molecule has 2 aliphatic heterocycles. The number of benzene rings is 1. The quantitative estimate of drug-likeness (QED) is 0.593. The molecule has 0 radical (unpaired) electrons.